The molecule has 0 aliphatic carbocycles. The molecule has 0 saturated carbocycles. The van der Waals surface area contributed by atoms with Crippen LogP contribution in [-0.2, 0) is 22.4 Å². The van der Waals surface area contributed by atoms with E-state index >= 15 is 0 Å². The van der Waals surface area contributed by atoms with E-state index in [9.17, 15) is 9.59 Å². The van der Waals surface area contributed by atoms with Gasteiger partial charge in [-0.2, -0.15) is 11.8 Å². The Kier molecular flexibility index (Phi) is 6.31. The molecule has 1 fully saturated rings. The summed E-state index contributed by atoms with van der Waals surface area (Å²) in [5.41, 5.74) is 2.37. The van der Waals surface area contributed by atoms with Crippen LogP contribution in [0.3, 0.4) is 0 Å². The molecule has 0 atom stereocenters. The summed E-state index contributed by atoms with van der Waals surface area (Å²) in [6, 6.07) is 11.1. The van der Waals surface area contributed by atoms with Crippen LogP contribution in [0.25, 0.3) is 10.8 Å². The second-order valence-corrected chi connectivity index (χ2v) is 8.80. The maximum atomic E-state index is 12.4. The third-order valence-corrected chi connectivity index (χ3v) is 6.43. The Bertz CT molecular complexity index is 961. The van der Waals surface area contributed by atoms with E-state index in [0.717, 1.165) is 35.2 Å². The highest BCUT2D eigenvalue weighted by molar-refractivity contribution is 7.99. The third kappa shape index (κ3) is 5.27. The lowest BCUT2D eigenvalue weighted by Gasteiger charge is -2.26. The maximum Gasteiger partial charge on any atom is 0.230 e. The monoisotopic (exact) mass is 427 g/mol. The molecule has 0 spiro atoms. The lowest BCUT2D eigenvalue weighted by atomic mass is 10.1. The predicted molar refractivity (Wildman–Crippen MR) is 116 cm³/mol. The van der Waals surface area contributed by atoms with Gasteiger partial charge in [0.05, 0.1) is 24.8 Å². The van der Waals surface area contributed by atoms with Gasteiger partial charge in [-0.15, -0.1) is 11.3 Å². The zero-order valence-corrected chi connectivity index (χ0v) is 17.4. The number of amides is 2. The van der Waals surface area contributed by atoms with Gasteiger partial charge in [0.25, 0.3) is 0 Å². The first-order valence-corrected chi connectivity index (χ1v) is 11.4. The second kappa shape index (κ2) is 9.28. The Morgan fingerprint density at radius 1 is 1.10 bits per heavy atom. The molecular formula is C21H21N3O3S2. The number of nitrogens with zero attached hydrogens (tertiary/aromatic N) is 2. The molecule has 4 rings (SSSR count). The van der Waals surface area contributed by atoms with Gasteiger partial charge in [0.2, 0.25) is 11.8 Å². The van der Waals surface area contributed by atoms with Crippen LogP contribution in [0.2, 0.25) is 0 Å². The topological polar surface area (TPSA) is 75.4 Å². The van der Waals surface area contributed by atoms with Gasteiger partial charge < -0.3 is 14.6 Å². The summed E-state index contributed by atoms with van der Waals surface area (Å²) < 4.78 is 5.33. The maximum absolute atomic E-state index is 12.4. The average molecular weight is 428 g/mol. The zero-order valence-electron chi connectivity index (χ0n) is 15.8. The molecule has 1 aliphatic heterocycles. The van der Waals surface area contributed by atoms with Gasteiger partial charge in [-0.1, -0.05) is 12.1 Å². The number of aromatic nitrogens is 1. The summed E-state index contributed by atoms with van der Waals surface area (Å²) in [5, 5.41) is 5.51. The van der Waals surface area contributed by atoms with Crippen LogP contribution >= 0.6 is 23.1 Å². The van der Waals surface area contributed by atoms with Crippen molar-refractivity contribution in [3.05, 3.63) is 59.3 Å². The number of hydrogen-bond donors (Lipinski definition) is 1. The lowest BCUT2D eigenvalue weighted by Crippen LogP contribution is -2.38. The quantitative estimate of drug-likeness (QED) is 0.649. The van der Waals surface area contributed by atoms with E-state index in [1.807, 2.05) is 58.4 Å². The minimum Gasteiger partial charge on any atom is -0.462 e. The highest BCUT2D eigenvalue weighted by Gasteiger charge is 2.17. The van der Waals surface area contributed by atoms with Crippen LogP contribution in [-0.4, -0.2) is 46.3 Å². The van der Waals surface area contributed by atoms with Gasteiger partial charge >= 0.3 is 0 Å². The number of anilines is 1. The summed E-state index contributed by atoms with van der Waals surface area (Å²) in [6.45, 7) is 1.66. The van der Waals surface area contributed by atoms with Crippen LogP contribution in [0, 0.1) is 0 Å². The van der Waals surface area contributed by atoms with Crippen LogP contribution in [0.5, 0.6) is 0 Å². The molecule has 150 valence electrons. The smallest absolute Gasteiger partial charge is 0.230 e. The number of thioether (sulfide) groups is 1. The molecule has 8 heteroatoms. The first-order chi connectivity index (χ1) is 14.2. The molecular weight excluding hydrogens is 406 g/mol. The molecule has 0 unspecified atom stereocenters. The molecule has 1 aromatic carbocycles. The molecule has 6 nitrogen and oxygen atoms in total. The average Bonchev–Trinajstić information content (AvgIpc) is 3.42. The van der Waals surface area contributed by atoms with Crippen LogP contribution in [0.1, 0.15) is 11.3 Å². The fraction of sp³-hybridized carbons (Fsp3) is 0.286. The molecule has 0 bridgehead atoms. The second-order valence-electron chi connectivity index (χ2n) is 6.71. The van der Waals surface area contributed by atoms with E-state index in [1.54, 1.807) is 6.26 Å². The van der Waals surface area contributed by atoms with Crippen molar-refractivity contribution in [1.29, 1.82) is 0 Å². The third-order valence-electron chi connectivity index (χ3n) is 4.58. The van der Waals surface area contributed by atoms with Crippen molar-refractivity contribution >= 4 is 40.6 Å². The van der Waals surface area contributed by atoms with Crippen molar-refractivity contribution in [2.75, 3.05) is 29.9 Å². The number of furan rings is 1. The highest BCUT2D eigenvalue weighted by atomic mass is 32.2. The number of thiazole rings is 1. The van der Waals surface area contributed by atoms with Crippen molar-refractivity contribution in [2.24, 2.45) is 0 Å². The number of rotatable bonds is 6. The molecule has 2 amide bonds. The van der Waals surface area contributed by atoms with E-state index in [4.69, 9.17) is 4.42 Å². The van der Waals surface area contributed by atoms with Crippen LogP contribution in [0.4, 0.5) is 5.69 Å². The van der Waals surface area contributed by atoms with Gasteiger partial charge in [0.15, 0.2) is 10.8 Å². The van der Waals surface area contributed by atoms with Crippen molar-refractivity contribution in [3.8, 4) is 10.8 Å². The Morgan fingerprint density at radius 3 is 2.62 bits per heavy atom. The molecule has 1 saturated heterocycles. The largest absolute Gasteiger partial charge is 0.462 e. The number of nitrogens with one attached hydrogen (secondary N) is 1. The van der Waals surface area contributed by atoms with Gasteiger partial charge in [0.1, 0.15) is 0 Å². The van der Waals surface area contributed by atoms with E-state index < -0.39 is 0 Å². The normalized spacial score (nSPS) is 14.0. The van der Waals surface area contributed by atoms with Gasteiger partial charge in [-0.3, -0.25) is 9.59 Å². The Hall–Kier alpha value is -2.58. The molecule has 3 aromatic rings. The van der Waals surface area contributed by atoms with Gasteiger partial charge in [-0.25, -0.2) is 4.98 Å². The molecule has 3 heterocycles. The Labute approximate surface area is 177 Å². The lowest BCUT2D eigenvalue weighted by molar-refractivity contribution is -0.130. The molecule has 29 heavy (non-hydrogen) atoms. The van der Waals surface area contributed by atoms with Crippen LogP contribution < -0.4 is 5.32 Å². The van der Waals surface area contributed by atoms with Gasteiger partial charge in [-0.05, 0) is 29.8 Å². The van der Waals surface area contributed by atoms with Gasteiger partial charge in [0, 0.05) is 35.7 Å². The molecule has 0 radical (unpaired) electrons. The van der Waals surface area contributed by atoms with E-state index in [2.05, 4.69) is 10.3 Å². The predicted octanol–water partition coefficient (Wildman–Crippen LogP) is 3.70. The number of carbonyl (C=O) groups is 2. The van der Waals surface area contributed by atoms with E-state index in [-0.39, 0.29) is 18.2 Å². The minimum absolute atomic E-state index is 0.129. The van der Waals surface area contributed by atoms with Crippen LogP contribution in [0.15, 0.2) is 52.5 Å². The fourth-order valence-corrected chi connectivity index (χ4v) is 4.77. The SMILES string of the molecule is O=C(Cc1csc(-c2ccco2)n1)Nc1ccc(CC(=O)N2CCSCC2)cc1. The zero-order chi connectivity index (χ0) is 20.1. The number of hydrogen-bond acceptors (Lipinski definition) is 6. The summed E-state index contributed by atoms with van der Waals surface area (Å²) in [7, 11) is 0. The molecule has 1 N–H and O–H groups in total. The summed E-state index contributed by atoms with van der Waals surface area (Å²) in [6.07, 6.45) is 2.20. The molecule has 1 aliphatic rings. The first kappa shape index (κ1) is 19.7. The molecule has 2 aromatic heterocycles. The summed E-state index contributed by atoms with van der Waals surface area (Å²) in [4.78, 5) is 31.0. The van der Waals surface area contributed by atoms with Crippen molar-refractivity contribution in [3.63, 3.8) is 0 Å². The summed E-state index contributed by atoms with van der Waals surface area (Å²) in [5.74, 6) is 2.77. The van der Waals surface area contributed by atoms with E-state index in [1.165, 1.54) is 11.3 Å². The van der Waals surface area contributed by atoms with E-state index in [0.29, 0.717) is 23.6 Å². The summed E-state index contributed by atoms with van der Waals surface area (Å²) >= 11 is 3.34. The minimum atomic E-state index is -0.129. The fourth-order valence-electron chi connectivity index (χ4n) is 3.08. The highest BCUT2D eigenvalue weighted by Crippen LogP contribution is 2.24. The number of carbonyl (C=O) groups excluding carboxylic acids is 2. The van der Waals surface area contributed by atoms with Crippen molar-refractivity contribution < 1.29 is 14.0 Å². The van der Waals surface area contributed by atoms with Crippen molar-refractivity contribution in [2.45, 2.75) is 12.8 Å². The Balaban J connectivity index is 1.29. The number of benzene rings is 1. The van der Waals surface area contributed by atoms with Crippen molar-refractivity contribution in [1.82, 2.24) is 9.88 Å². The Morgan fingerprint density at radius 2 is 1.90 bits per heavy atom. The standard InChI is InChI=1S/C21H21N3O3S2/c25-19(13-17-14-29-21(23-17)18-2-1-9-27-18)22-16-5-3-15(4-6-16)12-20(26)24-7-10-28-11-8-24/h1-6,9,14H,7-8,10-13H2,(H,22,25). The first-order valence-electron chi connectivity index (χ1n) is 9.40.